The van der Waals surface area contributed by atoms with Crippen LogP contribution in [0.2, 0.25) is 5.02 Å². The molecule has 0 aromatic heterocycles. The van der Waals surface area contributed by atoms with Gasteiger partial charge in [0.2, 0.25) is 0 Å². The van der Waals surface area contributed by atoms with E-state index in [1.807, 2.05) is 39.8 Å². The Labute approximate surface area is 151 Å². The van der Waals surface area contributed by atoms with Crippen molar-refractivity contribution in [1.82, 2.24) is 0 Å². The van der Waals surface area contributed by atoms with Crippen LogP contribution in [0.1, 0.15) is 45.5 Å². The Kier molecular flexibility index (Phi) is 5.51. The van der Waals surface area contributed by atoms with Gasteiger partial charge in [-0.25, -0.2) is 0 Å². The van der Waals surface area contributed by atoms with Crippen molar-refractivity contribution in [3.63, 3.8) is 0 Å². The van der Waals surface area contributed by atoms with Crippen LogP contribution < -0.4 is 0 Å². The van der Waals surface area contributed by atoms with E-state index in [4.69, 9.17) is 25.6 Å². The van der Waals surface area contributed by atoms with Crippen LogP contribution in [-0.2, 0) is 18.8 Å². The van der Waals surface area contributed by atoms with Gasteiger partial charge in [0.25, 0.3) is 0 Å². The first-order valence-corrected chi connectivity index (χ1v) is 8.61. The number of carbonyl (C=O) groups is 1. The molecule has 1 saturated heterocycles. The van der Waals surface area contributed by atoms with E-state index in [1.54, 1.807) is 6.07 Å². The molecule has 0 amide bonds. The van der Waals surface area contributed by atoms with Gasteiger partial charge in [-0.3, -0.25) is 4.79 Å². The molecular formula is C16H21BBrClO4. The molecule has 0 saturated carbocycles. The van der Waals surface area contributed by atoms with Gasteiger partial charge in [0.05, 0.1) is 24.7 Å². The van der Waals surface area contributed by atoms with Crippen LogP contribution in [0.5, 0.6) is 0 Å². The van der Waals surface area contributed by atoms with E-state index in [-0.39, 0.29) is 18.2 Å². The van der Waals surface area contributed by atoms with Gasteiger partial charge in [-0.2, -0.15) is 0 Å². The zero-order valence-electron chi connectivity index (χ0n) is 14.0. The van der Waals surface area contributed by atoms with Gasteiger partial charge in [0.15, 0.2) is 0 Å². The molecule has 0 bridgehead atoms. The fourth-order valence-electron chi connectivity index (χ4n) is 2.48. The molecule has 1 aromatic rings. The second kappa shape index (κ2) is 6.75. The first kappa shape index (κ1) is 18.8. The summed E-state index contributed by atoms with van der Waals surface area (Å²) in [4.78, 5) is 11.9. The number of carbonyl (C=O) groups excluding carboxylic acids is 1. The van der Waals surface area contributed by atoms with Crippen LogP contribution >= 0.6 is 27.5 Å². The van der Waals surface area contributed by atoms with Crippen LogP contribution in [0.4, 0.5) is 0 Å². The maximum atomic E-state index is 11.9. The van der Waals surface area contributed by atoms with Gasteiger partial charge in [0.1, 0.15) is 0 Å². The minimum Gasteiger partial charge on any atom is -0.469 e. The number of benzene rings is 1. The highest BCUT2D eigenvalue weighted by Gasteiger charge is 2.54. The van der Waals surface area contributed by atoms with E-state index in [2.05, 4.69) is 15.9 Å². The van der Waals surface area contributed by atoms with Gasteiger partial charge in [0, 0.05) is 15.3 Å². The maximum absolute atomic E-state index is 11.9. The lowest BCUT2D eigenvalue weighted by atomic mass is 9.66. The third-order valence-corrected chi connectivity index (χ3v) is 5.20. The molecule has 0 N–H and O–H groups in total. The maximum Gasteiger partial charge on any atom is 0.466 e. The smallest absolute Gasteiger partial charge is 0.466 e. The van der Waals surface area contributed by atoms with Crippen molar-refractivity contribution in [2.24, 2.45) is 0 Å². The monoisotopic (exact) mass is 402 g/mol. The van der Waals surface area contributed by atoms with Crippen LogP contribution in [0.3, 0.4) is 0 Å². The Morgan fingerprint density at radius 2 is 1.83 bits per heavy atom. The summed E-state index contributed by atoms with van der Waals surface area (Å²) in [5.41, 5.74) is -0.0720. The molecule has 1 atom stereocenters. The Morgan fingerprint density at radius 1 is 1.26 bits per heavy atom. The molecule has 0 spiro atoms. The number of hydrogen-bond donors (Lipinski definition) is 0. The second-order valence-corrected chi connectivity index (χ2v) is 8.07. The Morgan fingerprint density at radius 3 is 2.30 bits per heavy atom. The third-order valence-electron chi connectivity index (χ3n) is 4.53. The Hall–Kier alpha value is -0.555. The van der Waals surface area contributed by atoms with Crippen molar-refractivity contribution in [1.29, 1.82) is 0 Å². The van der Waals surface area contributed by atoms with Crippen LogP contribution in [0.25, 0.3) is 0 Å². The van der Waals surface area contributed by atoms with Gasteiger partial charge < -0.3 is 14.0 Å². The third kappa shape index (κ3) is 4.10. The highest BCUT2D eigenvalue weighted by atomic mass is 79.9. The first-order valence-electron chi connectivity index (χ1n) is 7.44. The fourth-order valence-corrected chi connectivity index (χ4v) is 3.36. The molecule has 0 aliphatic carbocycles. The Balaban J connectivity index is 2.37. The van der Waals surface area contributed by atoms with E-state index in [1.165, 1.54) is 7.11 Å². The molecule has 1 aromatic carbocycles. The van der Waals surface area contributed by atoms with Crippen LogP contribution in [0, 0.1) is 0 Å². The van der Waals surface area contributed by atoms with E-state index in [0.717, 1.165) is 10.0 Å². The number of methoxy groups -OCH3 is 1. The summed E-state index contributed by atoms with van der Waals surface area (Å²) < 4.78 is 17.9. The Bertz CT molecular complexity index is 569. The van der Waals surface area contributed by atoms with Gasteiger partial charge in [-0.05, 0) is 51.5 Å². The zero-order valence-corrected chi connectivity index (χ0v) is 16.3. The lowest BCUT2D eigenvalue weighted by Gasteiger charge is -2.32. The van der Waals surface area contributed by atoms with Crippen molar-refractivity contribution in [2.45, 2.75) is 51.1 Å². The number of ether oxygens (including phenoxy) is 1. The minimum absolute atomic E-state index is 0.153. The highest BCUT2D eigenvalue weighted by molar-refractivity contribution is 9.10. The summed E-state index contributed by atoms with van der Waals surface area (Å²) in [6.45, 7) is 7.93. The molecule has 1 unspecified atom stereocenters. The van der Waals surface area contributed by atoms with Crippen molar-refractivity contribution < 1.29 is 18.8 Å². The summed E-state index contributed by atoms with van der Waals surface area (Å²) in [5, 5.41) is 0.584. The lowest BCUT2D eigenvalue weighted by molar-refractivity contribution is -0.140. The SMILES string of the molecule is COC(=O)CC(B1OC(C)(C)C(C)(C)O1)c1cc(Cl)cc(Br)c1. The first-order chi connectivity index (χ1) is 10.6. The molecule has 1 fully saturated rings. The van der Waals surface area contributed by atoms with E-state index in [9.17, 15) is 4.79 Å². The van der Waals surface area contributed by atoms with Gasteiger partial charge >= 0.3 is 13.1 Å². The van der Waals surface area contributed by atoms with Gasteiger partial charge in [-0.15, -0.1) is 0 Å². The van der Waals surface area contributed by atoms with Crippen molar-refractivity contribution >= 4 is 40.6 Å². The molecule has 2 rings (SSSR count). The quantitative estimate of drug-likeness (QED) is 0.553. The van der Waals surface area contributed by atoms with Crippen molar-refractivity contribution in [3.8, 4) is 0 Å². The molecule has 23 heavy (non-hydrogen) atoms. The normalized spacial score (nSPS) is 20.4. The summed E-state index contributed by atoms with van der Waals surface area (Å²) in [6, 6.07) is 5.54. The number of hydrogen-bond acceptors (Lipinski definition) is 4. The predicted octanol–water partition coefficient (Wildman–Crippen LogP) is 4.38. The predicted molar refractivity (Wildman–Crippen MR) is 94.6 cm³/mol. The summed E-state index contributed by atoms with van der Waals surface area (Å²) in [6.07, 6.45) is 0.153. The topological polar surface area (TPSA) is 44.8 Å². The number of halogens is 2. The van der Waals surface area contributed by atoms with E-state index < -0.39 is 18.3 Å². The highest BCUT2D eigenvalue weighted by Crippen LogP contribution is 2.42. The van der Waals surface area contributed by atoms with Gasteiger partial charge in [-0.1, -0.05) is 27.5 Å². The molecule has 1 aliphatic rings. The van der Waals surface area contributed by atoms with Crippen molar-refractivity contribution in [2.75, 3.05) is 7.11 Å². The summed E-state index contributed by atoms with van der Waals surface area (Å²) in [7, 11) is 0.821. The van der Waals surface area contributed by atoms with Crippen LogP contribution in [-0.4, -0.2) is 31.4 Å². The number of rotatable bonds is 4. The molecule has 7 heteroatoms. The summed E-state index contributed by atoms with van der Waals surface area (Å²) >= 11 is 9.59. The van der Waals surface area contributed by atoms with E-state index in [0.29, 0.717) is 5.02 Å². The average molecular weight is 404 g/mol. The minimum atomic E-state index is -0.551. The lowest BCUT2D eigenvalue weighted by Crippen LogP contribution is -2.41. The molecule has 4 nitrogen and oxygen atoms in total. The molecule has 0 radical (unpaired) electrons. The molecule has 126 valence electrons. The molecular weight excluding hydrogens is 382 g/mol. The molecule has 1 heterocycles. The van der Waals surface area contributed by atoms with E-state index >= 15 is 0 Å². The largest absolute Gasteiger partial charge is 0.469 e. The summed E-state index contributed by atoms with van der Waals surface area (Å²) in [5.74, 6) is -0.626. The van der Waals surface area contributed by atoms with Crippen LogP contribution in [0.15, 0.2) is 22.7 Å². The molecule has 1 aliphatic heterocycles. The standard InChI is InChI=1S/C16H21BBrClO4/c1-15(2)16(3,4)23-17(22-15)13(9-14(20)21-5)10-6-11(18)8-12(19)7-10/h6-8,13H,9H2,1-5H3. The fraction of sp³-hybridized carbons (Fsp3) is 0.562. The average Bonchev–Trinajstić information content (AvgIpc) is 2.63. The second-order valence-electron chi connectivity index (χ2n) is 6.71. The number of esters is 1. The zero-order chi connectivity index (χ0) is 17.4. The van der Waals surface area contributed by atoms with Crippen molar-refractivity contribution in [3.05, 3.63) is 33.3 Å².